The number of carboxylic acids is 1. The first-order chi connectivity index (χ1) is 12.4. The molecule has 2 rings (SSSR count). The van der Waals surface area contributed by atoms with Crippen LogP contribution in [0, 0.1) is 5.92 Å². The zero-order valence-corrected chi connectivity index (χ0v) is 15.5. The van der Waals surface area contributed by atoms with E-state index in [1.807, 2.05) is 44.2 Å². The SMILES string of the molecule is CC(C)CC(NC(=O)OCc1ccccc1)[C@H](O)c1ccc(C(=O)O)s1. The van der Waals surface area contributed by atoms with Gasteiger partial charge >= 0.3 is 12.1 Å². The molecule has 0 saturated heterocycles. The summed E-state index contributed by atoms with van der Waals surface area (Å²) >= 11 is 1.00. The molecule has 0 aliphatic heterocycles. The third-order valence-electron chi connectivity index (χ3n) is 3.75. The molecule has 1 unspecified atom stereocenters. The molecule has 1 aromatic carbocycles. The van der Waals surface area contributed by atoms with Gasteiger partial charge in [-0.15, -0.1) is 11.3 Å². The Morgan fingerprint density at radius 3 is 2.42 bits per heavy atom. The Kier molecular flexibility index (Phi) is 7.17. The Morgan fingerprint density at radius 1 is 1.15 bits per heavy atom. The molecule has 140 valence electrons. The summed E-state index contributed by atoms with van der Waals surface area (Å²) in [5.74, 6) is -0.813. The monoisotopic (exact) mass is 377 g/mol. The molecule has 0 radical (unpaired) electrons. The van der Waals surface area contributed by atoms with Crippen LogP contribution >= 0.6 is 11.3 Å². The highest BCUT2D eigenvalue weighted by Crippen LogP contribution is 2.28. The minimum atomic E-state index is -1.04. The van der Waals surface area contributed by atoms with E-state index in [2.05, 4.69) is 5.32 Å². The minimum absolute atomic E-state index is 0.138. The first kappa shape index (κ1) is 19.9. The quantitative estimate of drug-likeness (QED) is 0.650. The second-order valence-corrected chi connectivity index (χ2v) is 7.51. The van der Waals surface area contributed by atoms with Crippen molar-refractivity contribution in [1.82, 2.24) is 5.32 Å². The average Bonchev–Trinajstić information content (AvgIpc) is 3.09. The van der Waals surface area contributed by atoms with Gasteiger partial charge in [0.15, 0.2) is 0 Å². The standard InChI is InChI=1S/C19H23NO5S/c1-12(2)10-14(17(21)15-8-9-16(26-15)18(22)23)20-19(24)25-11-13-6-4-3-5-7-13/h3-9,12,14,17,21H,10-11H2,1-2H3,(H,20,24)(H,22,23)/t14?,17-/m0/s1. The Hall–Kier alpha value is -2.38. The number of aliphatic hydroxyl groups is 1. The van der Waals surface area contributed by atoms with Crippen molar-refractivity contribution in [3.63, 3.8) is 0 Å². The summed E-state index contributed by atoms with van der Waals surface area (Å²) in [5, 5.41) is 22.3. The van der Waals surface area contributed by atoms with Gasteiger partial charge < -0.3 is 20.3 Å². The summed E-state index contributed by atoms with van der Waals surface area (Å²) in [6.45, 7) is 4.10. The number of carboxylic acid groups (broad SMARTS) is 1. The summed E-state index contributed by atoms with van der Waals surface area (Å²) in [5.41, 5.74) is 0.868. The molecule has 1 aromatic heterocycles. The minimum Gasteiger partial charge on any atom is -0.477 e. The molecule has 0 fully saturated rings. The van der Waals surface area contributed by atoms with E-state index in [-0.39, 0.29) is 17.4 Å². The summed E-state index contributed by atoms with van der Waals surface area (Å²) in [6.07, 6.45) is -1.09. The van der Waals surface area contributed by atoms with Gasteiger partial charge in [-0.25, -0.2) is 9.59 Å². The van der Waals surface area contributed by atoms with Crippen molar-refractivity contribution in [3.8, 4) is 0 Å². The van der Waals surface area contributed by atoms with E-state index in [0.29, 0.717) is 11.3 Å². The second-order valence-electron chi connectivity index (χ2n) is 6.39. The largest absolute Gasteiger partial charge is 0.477 e. The predicted molar refractivity (Wildman–Crippen MR) is 99.2 cm³/mol. The molecule has 2 aromatic rings. The Balaban J connectivity index is 2.00. The number of nitrogens with one attached hydrogen (secondary N) is 1. The van der Waals surface area contributed by atoms with Gasteiger partial charge in [-0.2, -0.15) is 0 Å². The lowest BCUT2D eigenvalue weighted by atomic mass is 9.98. The molecule has 1 amide bonds. The second kappa shape index (κ2) is 9.35. The molecule has 2 atom stereocenters. The van der Waals surface area contributed by atoms with Crippen molar-refractivity contribution in [2.75, 3.05) is 0 Å². The smallest absolute Gasteiger partial charge is 0.407 e. The van der Waals surface area contributed by atoms with Crippen LogP contribution in [0.25, 0.3) is 0 Å². The fourth-order valence-electron chi connectivity index (χ4n) is 2.52. The third-order valence-corrected chi connectivity index (χ3v) is 4.90. The summed E-state index contributed by atoms with van der Waals surface area (Å²) in [6, 6.07) is 11.8. The maximum absolute atomic E-state index is 12.1. The zero-order valence-electron chi connectivity index (χ0n) is 14.7. The van der Waals surface area contributed by atoms with E-state index in [4.69, 9.17) is 9.84 Å². The third kappa shape index (κ3) is 5.86. The summed E-state index contributed by atoms with van der Waals surface area (Å²) < 4.78 is 5.22. The van der Waals surface area contributed by atoms with E-state index in [9.17, 15) is 14.7 Å². The van der Waals surface area contributed by atoms with Crippen molar-refractivity contribution in [2.24, 2.45) is 5.92 Å². The van der Waals surface area contributed by atoms with Crippen LogP contribution in [0.1, 0.15) is 46.5 Å². The Labute approximate surface area is 156 Å². The molecule has 6 nitrogen and oxygen atoms in total. The van der Waals surface area contributed by atoms with Crippen LogP contribution in [-0.2, 0) is 11.3 Å². The number of alkyl carbamates (subject to hydrolysis) is 1. The first-order valence-electron chi connectivity index (χ1n) is 8.35. The van der Waals surface area contributed by atoms with Gasteiger partial charge in [0, 0.05) is 4.88 Å². The van der Waals surface area contributed by atoms with E-state index >= 15 is 0 Å². The number of carbonyl (C=O) groups is 2. The van der Waals surface area contributed by atoms with Crippen LogP contribution in [0.4, 0.5) is 4.79 Å². The van der Waals surface area contributed by atoms with E-state index in [1.165, 1.54) is 6.07 Å². The number of hydrogen-bond donors (Lipinski definition) is 3. The number of ether oxygens (including phenoxy) is 1. The van der Waals surface area contributed by atoms with Gasteiger partial charge in [0.05, 0.1) is 6.04 Å². The topological polar surface area (TPSA) is 95.9 Å². The lowest BCUT2D eigenvalue weighted by Gasteiger charge is -2.24. The number of hydrogen-bond acceptors (Lipinski definition) is 5. The average molecular weight is 377 g/mol. The Bertz CT molecular complexity index is 729. The van der Waals surface area contributed by atoms with Gasteiger partial charge in [0.2, 0.25) is 0 Å². The number of carbonyl (C=O) groups excluding carboxylic acids is 1. The molecule has 1 heterocycles. The highest BCUT2D eigenvalue weighted by atomic mass is 32.1. The van der Waals surface area contributed by atoms with Crippen LogP contribution in [0.2, 0.25) is 0 Å². The van der Waals surface area contributed by atoms with E-state index in [1.54, 1.807) is 6.07 Å². The fraction of sp³-hybridized carbons (Fsp3) is 0.368. The predicted octanol–water partition coefficient (Wildman–Crippen LogP) is 3.82. The van der Waals surface area contributed by atoms with Crippen LogP contribution in [0.15, 0.2) is 42.5 Å². The van der Waals surface area contributed by atoms with Crippen molar-refractivity contribution >= 4 is 23.4 Å². The molecule has 0 aliphatic rings. The van der Waals surface area contributed by atoms with Crippen LogP contribution in [0.5, 0.6) is 0 Å². The number of amides is 1. The molecule has 0 saturated carbocycles. The van der Waals surface area contributed by atoms with Gasteiger partial charge in [0.1, 0.15) is 17.6 Å². The van der Waals surface area contributed by atoms with Crippen molar-refractivity contribution in [1.29, 1.82) is 0 Å². The van der Waals surface area contributed by atoms with Crippen LogP contribution in [-0.4, -0.2) is 28.3 Å². The van der Waals surface area contributed by atoms with Gasteiger partial charge in [-0.3, -0.25) is 0 Å². The molecular weight excluding hydrogens is 354 g/mol. The summed E-state index contributed by atoms with van der Waals surface area (Å²) in [4.78, 5) is 23.8. The normalized spacial score (nSPS) is 13.2. The Morgan fingerprint density at radius 2 is 1.85 bits per heavy atom. The molecule has 26 heavy (non-hydrogen) atoms. The molecule has 0 aliphatic carbocycles. The van der Waals surface area contributed by atoms with Crippen molar-refractivity contribution < 1.29 is 24.5 Å². The maximum Gasteiger partial charge on any atom is 0.407 e. The lowest BCUT2D eigenvalue weighted by molar-refractivity contribution is 0.0702. The van der Waals surface area contributed by atoms with Gasteiger partial charge in [0.25, 0.3) is 0 Å². The van der Waals surface area contributed by atoms with E-state index < -0.39 is 24.2 Å². The first-order valence-corrected chi connectivity index (χ1v) is 9.16. The number of thiophene rings is 1. The molecule has 3 N–H and O–H groups in total. The molecular formula is C19H23NO5S. The lowest BCUT2D eigenvalue weighted by Crippen LogP contribution is -2.40. The number of aliphatic hydroxyl groups excluding tert-OH is 1. The van der Waals surface area contributed by atoms with Gasteiger partial charge in [-0.05, 0) is 30.0 Å². The molecule has 0 spiro atoms. The van der Waals surface area contributed by atoms with Crippen molar-refractivity contribution in [2.45, 2.75) is 39.0 Å². The van der Waals surface area contributed by atoms with Crippen LogP contribution < -0.4 is 5.32 Å². The molecule has 7 heteroatoms. The molecule has 0 bridgehead atoms. The number of benzene rings is 1. The van der Waals surface area contributed by atoms with Gasteiger partial charge in [-0.1, -0.05) is 44.2 Å². The highest BCUT2D eigenvalue weighted by molar-refractivity contribution is 7.14. The van der Waals surface area contributed by atoms with Crippen LogP contribution in [0.3, 0.4) is 0 Å². The highest BCUT2D eigenvalue weighted by Gasteiger charge is 2.26. The maximum atomic E-state index is 12.1. The fourth-order valence-corrected chi connectivity index (χ4v) is 3.41. The number of rotatable bonds is 8. The summed E-state index contributed by atoms with van der Waals surface area (Å²) in [7, 11) is 0. The number of aromatic carboxylic acids is 1. The van der Waals surface area contributed by atoms with E-state index in [0.717, 1.165) is 16.9 Å². The zero-order chi connectivity index (χ0) is 19.1. The van der Waals surface area contributed by atoms with Crippen molar-refractivity contribution in [3.05, 3.63) is 57.8 Å².